The van der Waals surface area contributed by atoms with Crippen molar-refractivity contribution in [2.24, 2.45) is 0 Å². The van der Waals surface area contributed by atoms with Gasteiger partial charge in [-0.1, -0.05) is 0 Å². The van der Waals surface area contributed by atoms with Gasteiger partial charge in [0.05, 0.1) is 38.4 Å². The molecule has 1 aromatic carbocycles. The van der Waals surface area contributed by atoms with E-state index < -0.39 is 15.8 Å². The van der Waals surface area contributed by atoms with E-state index in [0.29, 0.717) is 32.3 Å². The van der Waals surface area contributed by atoms with Gasteiger partial charge >= 0.3 is 6.01 Å². The maximum atomic E-state index is 14.0. The maximum absolute atomic E-state index is 14.0. The first-order valence-corrected chi connectivity index (χ1v) is 10.4. The van der Waals surface area contributed by atoms with E-state index in [1.54, 1.807) is 6.92 Å². The van der Waals surface area contributed by atoms with Gasteiger partial charge < -0.3 is 19.1 Å². The van der Waals surface area contributed by atoms with Crippen LogP contribution in [0.3, 0.4) is 0 Å². The van der Waals surface area contributed by atoms with Crippen molar-refractivity contribution in [2.75, 3.05) is 44.9 Å². The van der Waals surface area contributed by atoms with Gasteiger partial charge in [0.2, 0.25) is 16.0 Å². The normalized spacial score (nSPS) is 14.7. The number of ether oxygens (including phenoxy) is 3. The van der Waals surface area contributed by atoms with Crippen LogP contribution in [-0.2, 0) is 21.3 Å². The van der Waals surface area contributed by atoms with Crippen molar-refractivity contribution in [3.8, 4) is 11.8 Å². The standard InChI is InChI=1S/C17H22FN5O5S/c1-3-28-14-5-4-12(10-13(14)18)29(24,25)19-11-15-20-16(22-17(21-15)26-2)23-6-8-27-9-7-23/h4-5,10,19H,3,6-9,11H2,1-2H3. The summed E-state index contributed by atoms with van der Waals surface area (Å²) < 4.78 is 56.9. The molecule has 0 aliphatic carbocycles. The number of sulfonamides is 1. The Kier molecular flexibility index (Phi) is 6.77. The maximum Gasteiger partial charge on any atom is 0.321 e. The second kappa shape index (κ2) is 9.29. The third kappa shape index (κ3) is 5.28. The zero-order valence-corrected chi connectivity index (χ0v) is 16.9. The van der Waals surface area contributed by atoms with Crippen LogP contribution in [0.25, 0.3) is 0 Å². The minimum Gasteiger partial charge on any atom is -0.491 e. The molecule has 2 aromatic rings. The van der Waals surface area contributed by atoms with E-state index in [2.05, 4.69) is 19.7 Å². The third-order valence-corrected chi connectivity index (χ3v) is 5.46. The molecule has 10 nitrogen and oxygen atoms in total. The Balaban J connectivity index is 1.76. The molecule has 12 heteroatoms. The molecule has 1 aliphatic rings. The summed E-state index contributed by atoms with van der Waals surface area (Å²) in [6.07, 6.45) is 0. The van der Waals surface area contributed by atoms with Crippen LogP contribution in [0.5, 0.6) is 11.8 Å². The molecule has 0 spiro atoms. The fourth-order valence-corrected chi connectivity index (χ4v) is 3.62. The molecule has 1 fully saturated rings. The van der Waals surface area contributed by atoms with E-state index in [1.807, 2.05) is 4.90 Å². The summed E-state index contributed by atoms with van der Waals surface area (Å²) >= 11 is 0. The average molecular weight is 427 g/mol. The van der Waals surface area contributed by atoms with Crippen LogP contribution in [0.1, 0.15) is 12.7 Å². The molecule has 0 amide bonds. The van der Waals surface area contributed by atoms with Gasteiger partial charge in [0.25, 0.3) is 0 Å². The Morgan fingerprint density at radius 1 is 1.24 bits per heavy atom. The Labute approximate surface area is 168 Å². The zero-order chi connectivity index (χ0) is 20.9. The summed E-state index contributed by atoms with van der Waals surface area (Å²) in [5, 5.41) is 0. The number of benzene rings is 1. The largest absolute Gasteiger partial charge is 0.491 e. The van der Waals surface area contributed by atoms with E-state index in [-0.39, 0.29) is 35.6 Å². The molecule has 0 radical (unpaired) electrons. The second-order valence-electron chi connectivity index (χ2n) is 5.99. The predicted molar refractivity (Wildman–Crippen MR) is 101 cm³/mol. The molecule has 0 bridgehead atoms. The number of nitrogens with one attached hydrogen (secondary N) is 1. The highest BCUT2D eigenvalue weighted by Gasteiger charge is 2.20. The van der Waals surface area contributed by atoms with Crippen molar-refractivity contribution in [3.05, 3.63) is 29.8 Å². The molecular formula is C17H22FN5O5S. The molecule has 1 aliphatic heterocycles. The first-order chi connectivity index (χ1) is 13.9. The van der Waals surface area contributed by atoms with E-state index in [9.17, 15) is 12.8 Å². The summed E-state index contributed by atoms with van der Waals surface area (Å²) in [6.45, 7) is 4.05. The highest BCUT2D eigenvalue weighted by Crippen LogP contribution is 2.21. The Morgan fingerprint density at radius 2 is 2.00 bits per heavy atom. The van der Waals surface area contributed by atoms with Crippen LogP contribution >= 0.6 is 0 Å². The van der Waals surface area contributed by atoms with E-state index in [0.717, 1.165) is 6.07 Å². The third-order valence-electron chi connectivity index (χ3n) is 4.06. The number of nitrogens with zero attached hydrogens (tertiary/aromatic N) is 4. The number of hydrogen-bond donors (Lipinski definition) is 1. The van der Waals surface area contributed by atoms with Crippen LogP contribution in [-0.4, -0.2) is 63.4 Å². The molecule has 158 valence electrons. The van der Waals surface area contributed by atoms with Crippen LogP contribution in [0.4, 0.5) is 10.3 Å². The fraction of sp³-hybridized carbons (Fsp3) is 0.471. The fourth-order valence-electron chi connectivity index (χ4n) is 2.63. The first-order valence-electron chi connectivity index (χ1n) is 8.96. The van der Waals surface area contributed by atoms with Crippen LogP contribution in [0, 0.1) is 5.82 Å². The molecule has 0 atom stereocenters. The molecule has 29 heavy (non-hydrogen) atoms. The molecule has 1 aromatic heterocycles. The Hall–Kier alpha value is -2.57. The van der Waals surface area contributed by atoms with Crippen molar-refractivity contribution in [1.82, 2.24) is 19.7 Å². The summed E-state index contributed by atoms with van der Waals surface area (Å²) in [7, 11) is -2.58. The van der Waals surface area contributed by atoms with E-state index >= 15 is 0 Å². The number of morpholine rings is 1. The van der Waals surface area contributed by atoms with Gasteiger partial charge in [-0.05, 0) is 25.1 Å². The minimum absolute atomic E-state index is 0.0104. The Morgan fingerprint density at radius 3 is 2.66 bits per heavy atom. The first kappa shape index (κ1) is 21.1. The van der Waals surface area contributed by atoms with Crippen LogP contribution in [0.2, 0.25) is 0 Å². The molecule has 1 saturated heterocycles. The van der Waals surface area contributed by atoms with Crippen LogP contribution < -0.4 is 19.1 Å². The minimum atomic E-state index is -3.99. The molecule has 2 heterocycles. The number of hydrogen-bond acceptors (Lipinski definition) is 9. The van der Waals surface area contributed by atoms with Crippen molar-refractivity contribution in [1.29, 1.82) is 0 Å². The number of rotatable bonds is 8. The second-order valence-corrected chi connectivity index (χ2v) is 7.75. The lowest BCUT2D eigenvalue weighted by atomic mass is 10.3. The number of halogens is 1. The number of anilines is 1. The summed E-state index contributed by atoms with van der Waals surface area (Å²) in [4.78, 5) is 14.3. The predicted octanol–water partition coefficient (Wildman–Crippen LogP) is 0.733. The van der Waals surface area contributed by atoms with E-state index in [4.69, 9.17) is 14.2 Å². The molecule has 0 saturated carbocycles. The van der Waals surface area contributed by atoms with Gasteiger partial charge in [0.15, 0.2) is 17.4 Å². The van der Waals surface area contributed by atoms with Crippen molar-refractivity contribution < 1.29 is 27.0 Å². The van der Waals surface area contributed by atoms with Gasteiger partial charge in [0.1, 0.15) is 0 Å². The van der Waals surface area contributed by atoms with Gasteiger partial charge in [-0.25, -0.2) is 17.5 Å². The topological polar surface area (TPSA) is 116 Å². The molecule has 0 unspecified atom stereocenters. The number of methoxy groups -OCH3 is 1. The lowest BCUT2D eigenvalue weighted by Crippen LogP contribution is -2.37. The quantitative estimate of drug-likeness (QED) is 0.651. The van der Waals surface area contributed by atoms with Gasteiger partial charge in [0, 0.05) is 13.1 Å². The van der Waals surface area contributed by atoms with Crippen LogP contribution in [0.15, 0.2) is 23.1 Å². The van der Waals surface area contributed by atoms with Crippen molar-refractivity contribution in [3.63, 3.8) is 0 Å². The number of aromatic nitrogens is 3. The molecular weight excluding hydrogens is 405 g/mol. The summed E-state index contributed by atoms with van der Waals surface area (Å²) in [5.74, 6) is -0.218. The van der Waals surface area contributed by atoms with Gasteiger partial charge in [-0.15, -0.1) is 0 Å². The summed E-state index contributed by atoms with van der Waals surface area (Å²) in [5.41, 5.74) is 0. The Bertz CT molecular complexity index is 953. The lowest BCUT2D eigenvalue weighted by molar-refractivity contribution is 0.122. The summed E-state index contributed by atoms with van der Waals surface area (Å²) in [6, 6.07) is 3.52. The lowest BCUT2D eigenvalue weighted by Gasteiger charge is -2.26. The van der Waals surface area contributed by atoms with Crippen molar-refractivity contribution in [2.45, 2.75) is 18.4 Å². The average Bonchev–Trinajstić information content (AvgIpc) is 2.74. The smallest absolute Gasteiger partial charge is 0.321 e. The molecule has 3 rings (SSSR count). The monoisotopic (exact) mass is 427 g/mol. The highest BCUT2D eigenvalue weighted by molar-refractivity contribution is 7.89. The molecule has 1 N–H and O–H groups in total. The van der Waals surface area contributed by atoms with Gasteiger partial charge in [-0.3, -0.25) is 0 Å². The van der Waals surface area contributed by atoms with E-state index in [1.165, 1.54) is 19.2 Å². The highest BCUT2D eigenvalue weighted by atomic mass is 32.2. The zero-order valence-electron chi connectivity index (χ0n) is 16.1. The van der Waals surface area contributed by atoms with Crippen molar-refractivity contribution >= 4 is 16.0 Å². The SMILES string of the molecule is CCOc1ccc(S(=O)(=O)NCc2nc(OC)nc(N3CCOCC3)n2)cc1F. The van der Waals surface area contributed by atoms with Gasteiger partial charge in [-0.2, -0.15) is 15.0 Å².